The minimum Gasteiger partial charge on any atom is -0.490 e. The molecule has 0 aliphatic carbocycles. The number of anilines is 1. The second-order valence-corrected chi connectivity index (χ2v) is 7.82. The lowest BCUT2D eigenvalue weighted by molar-refractivity contribution is 0.0925. The average Bonchev–Trinajstić information content (AvgIpc) is 2.78. The maximum atomic E-state index is 6.27. The summed E-state index contributed by atoms with van der Waals surface area (Å²) in [4.78, 5) is 6.99. The third-order valence-corrected chi connectivity index (χ3v) is 5.61. The van der Waals surface area contributed by atoms with Gasteiger partial charge in [0, 0.05) is 24.2 Å². The van der Waals surface area contributed by atoms with Crippen LogP contribution < -0.4 is 24.4 Å². The minimum absolute atomic E-state index is 0.00600. The fourth-order valence-electron chi connectivity index (χ4n) is 4.10. The van der Waals surface area contributed by atoms with Crippen molar-refractivity contribution in [3.8, 4) is 17.2 Å². The van der Waals surface area contributed by atoms with E-state index in [1.54, 1.807) is 0 Å². The van der Waals surface area contributed by atoms with E-state index in [0.29, 0.717) is 6.61 Å². The molecule has 1 atom stereocenters. The lowest BCUT2D eigenvalue weighted by Gasteiger charge is -2.31. The third kappa shape index (κ3) is 3.87. The van der Waals surface area contributed by atoms with E-state index in [1.165, 1.54) is 5.69 Å². The Labute approximate surface area is 176 Å². The Morgan fingerprint density at radius 2 is 2.00 bits per heavy atom. The zero-order valence-electron chi connectivity index (χ0n) is 17.3. The van der Waals surface area contributed by atoms with Gasteiger partial charge in [-0.1, -0.05) is 12.1 Å². The second kappa shape index (κ2) is 8.40. The van der Waals surface area contributed by atoms with Crippen LogP contribution in [0.2, 0.25) is 0 Å². The first-order valence-corrected chi connectivity index (χ1v) is 10.7. The fourth-order valence-corrected chi connectivity index (χ4v) is 4.10. The predicted molar refractivity (Wildman–Crippen MR) is 118 cm³/mol. The van der Waals surface area contributed by atoms with Crippen molar-refractivity contribution in [3.63, 3.8) is 0 Å². The Bertz CT molecular complexity index is 1040. The van der Waals surface area contributed by atoms with Gasteiger partial charge in [-0.15, -0.1) is 0 Å². The van der Waals surface area contributed by atoms with Crippen LogP contribution in [0.15, 0.2) is 48.5 Å². The summed E-state index contributed by atoms with van der Waals surface area (Å²) >= 11 is 0. The molecule has 156 valence electrons. The summed E-state index contributed by atoms with van der Waals surface area (Å²) in [6.07, 6.45) is 1.05. The largest absolute Gasteiger partial charge is 0.490 e. The number of nitrogens with one attached hydrogen (secondary N) is 1. The number of para-hydroxylation sites is 2. The molecule has 0 fully saturated rings. The summed E-state index contributed by atoms with van der Waals surface area (Å²) in [5.41, 5.74) is 3.14. The van der Waals surface area contributed by atoms with E-state index in [4.69, 9.17) is 14.2 Å². The highest BCUT2D eigenvalue weighted by molar-refractivity contribution is 5.88. The van der Waals surface area contributed by atoms with E-state index in [1.807, 2.05) is 37.3 Å². The molecule has 5 rings (SSSR count). The van der Waals surface area contributed by atoms with E-state index in [-0.39, 0.29) is 6.10 Å². The molecule has 30 heavy (non-hydrogen) atoms. The third-order valence-electron chi connectivity index (χ3n) is 5.61. The summed E-state index contributed by atoms with van der Waals surface area (Å²) < 4.78 is 18.0. The fraction of sp³-hybridized carbons (Fsp3) is 0.375. The molecule has 2 aliphatic rings. The number of fused-ring (bicyclic) bond motifs is 4. The van der Waals surface area contributed by atoms with Crippen LogP contribution in [0.1, 0.15) is 12.1 Å². The summed E-state index contributed by atoms with van der Waals surface area (Å²) in [7, 11) is 0. The SMILES string of the molecule is Cc1ccc2c3c(ccc2n1)OC[C@H](CNCCCN1CCOc2ccccc21)O3. The minimum atomic E-state index is -0.00600. The van der Waals surface area contributed by atoms with Crippen LogP contribution in [-0.4, -0.2) is 50.5 Å². The van der Waals surface area contributed by atoms with Crippen LogP contribution in [0.25, 0.3) is 10.9 Å². The highest BCUT2D eigenvalue weighted by atomic mass is 16.6. The quantitative estimate of drug-likeness (QED) is 0.633. The molecule has 3 aromatic rings. The maximum absolute atomic E-state index is 6.27. The van der Waals surface area contributed by atoms with Gasteiger partial charge in [0.25, 0.3) is 0 Å². The summed E-state index contributed by atoms with van der Waals surface area (Å²) in [5, 5.41) is 4.54. The van der Waals surface area contributed by atoms with Gasteiger partial charge in [-0.3, -0.25) is 4.98 Å². The number of benzene rings is 2. The number of pyridine rings is 1. The predicted octanol–water partition coefficient (Wildman–Crippen LogP) is 3.56. The smallest absolute Gasteiger partial charge is 0.171 e. The van der Waals surface area contributed by atoms with Gasteiger partial charge in [0.15, 0.2) is 11.5 Å². The first-order valence-electron chi connectivity index (χ1n) is 10.7. The van der Waals surface area contributed by atoms with E-state index in [0.717, 1.165) is 73.1 Å². The van der Waals surface area contributed by atoms with Crippen LogP contribution in [0.4, 0.5) is 5.69 Å². The molecule has 0 amide bonds. The molecular weight excluding hydrogens is 378 g/mol. The molecule has 2 aromatic carbocycles. The van der Waals surface area contributed by atoms with Crippen LogP contribution in [-0.2, 0) is 0 Å². The molecule has 0 unspecified atom stereocenters. The van der Waals surface area contributed by atoms with Gasteiger partial charge in [0.1, 0.15) is 25.1 Å². The van der Waals surface area contributed by atoms with Crippen LogP contribution in [0.3, 0.4) is 0 Å². The number of rotatable bonds is 6. The lowest BCUT2D eigenvalue weighted by Crippen LogP contribution is -2.40. The van der Waals surface area contributed by atoms with E-state index in [2.05, 4.69) is 33.4 Å². The Balaban J connectivity index is 1.13. The molecule has 2 aliphatic heterocycles. The molecule has 0 saturated heterocycles. The van der Waals surface area contributed by atoms with Crippen molar-refractivity contribution in [1.82, 2.24) is 10.3 Å². The number of aromatic nitrogens is 1. The van der Waals surface area contributed by atoms with E-state index < -0.39 is 0 Å². The van der Waals surface area contributed by atoms with Gasteiger partial charge in [-0.25, -0.2) is 0 Å². The van der Waals surface area contributed by atoms with Gasteiger partial charge in [0.2, 0.25) is 0 Å². The molecule has 0 radical (unpaired) electrons. The Morgan fingerprint density at radius 3 is 2.97 bits per heavy atom. The van der Waals surface area contributed by atoms with E-state index in [9.17, 15) is 0 Å². The number of ether oxygens (including phenoxy) is 3. The highest BCUT2D eigenvalue weighted by Crippen LogP contribution is 2.38. The van der Waals surface area contributed by atoms with Crippen LogP contribution in [0.5, 0.6) is 17.2 Å². The van der Waals surface area contributed by atoms with Gasteiger partial charge in [0.05, 0.1) is 17.7 Å². The second-order valence-electron chi connectivity index (χ2n) is 7.82. The Hall–Kier alpha value is -2.99. The molecule has 3 heterocycles. The molecule has 6 heteroatoms. The Morgan fingerprint density at radius 1 is 1.07 bits per heavy atom. The topological polar surface area (TPSA) is 55.9 Å². The summed E-state index contributed by atoms with van der Waals surface area (Å²) in [6.45, 7) is 6.94. The normalized spacial score (nSPS) is 17.5. The molecule has 0 bridgehead atoms. The zero-order chi connectivity index (χ0) is 20.3. The summed E-state index contributed by atoms with van der Waals surface area (Å²) in [5.74, 6) is 2.60. The first-order chi connectivity index (χ1) is 14.8. The van der Waals surface area contributed by atoms with Crippen LogP contribution in [0, 0.1) is 6.92 Å². The number of nitrogens with zero attached hydrogens (tertiary/aromatic N) is 2. The number of aryl methyl sites for hydroxylation is 1. The van der Waals surface area contributed by atoms with Crippen molar-refractivity contribution in [3.05, 3.63) is 54.2 Å². The van der Waals surface area contributed by atoms with Crippen molar-refractivity contribution in [2.45, 2.75) is 19.4 Å². The van der Waals surface area contributed by atoms with E-state index >= 15 is 0 Å². The molecule has 0 spiro atoms. The van der Waals surface area contributed by atoms with Crippen molar-refractivity contribution in [2.75, 3.05) is 44.3 Å². The monoisotopic (exact) mass is 405 g/mol. The van der Waals surface area contributed by atoms with Gasteiger partial charge in [-0.2, -0.15) is 0 Å². The molecule has 1 aromatic heterocycles. The molecule has 6 nitrogen and oxygen atoms in total. The number of hydrogen-bond acceptors (Lipinski definition) is 6. The molecular formula is C24H27N3O3. The van der Waals surface area contributed by atoms with Gasteiger partial charge >= 0.3 is 0 Å². The van der Waals surface area contributed by atoms with Gasteiger partial charge < -0.3 is 24.4 Å². The highest BCUT2D eigenvalue weighted by Gasteiger charge is 2.23. The van der Waals surface area contributed by atoms with Crippen molar-refractivity contribution >= 4 is 16.6 Å². The standard InChI is InChI=1S/C24H27N3O3/c1-17-7-8-19-20(26-17)9-10-23-24(19)30-18(16-29-23)15-25-11-4-12-27-13-14-28-22-6-3-2-5-21(22)27/h2-3,5-10,18,25H,4,11-16H2,1H3/t18-/m0/s1. The summed E-state index contributed by atoms with van der Waals surface area (Å²) in [6, 6.07) is 16.3. The first kappa shape index (κ1) is 19.0. The zero-order valence-corrected chi connectivity index (χ0v) is 17.3. The van der Waals surface area contributed by atoms with Crippen molar-refractivity contribution in [2.24, 2.45) is 0 Å². The Kier molecular flexibility index (Phi) is 5.32. The maximum Gasteiger partial charge on any atom is 0.171 e. The van der Waals surface area contributed by atoms with Crippen molar-refractivity contribution < 1.29 is 14.2 Å². The molecule has 0 saturated carbocycles. The lowest BCUT2D eigenvalue weighted by atomic mass is 10.1. The van der Waals surface area contributed by atoms with Gasteiger partial charge in [-0.05, 0) is 56.3 Å². The van der Waals surface area contributed by atoms with Crippen LogP contribution >= 0.6 is 0 Å². The van der Waals surface area contributed by atoms with Crippen molar-refractivity contribution in [1.29, 1.82) is 0 Å². The molecule has 1 N–H and O–H groups in total. The number of hydrogen-bond donors (Lipinski definition) is 1. The average molecular weight is 405 g/mol.